The molecule has 0 aliphatic rings. The highest BCUT2D eigenvalue weighted by molar-refractivity contribution is 7.15. The number of aromatic nitrogens is 1. The highest BCUT2D eigenvalue weighted by atomic mass is 32.1. The average molecular weight is 264 g/mol. The predicted octanol–water partition coefficient (Wildman–Crippen LogP) is 2.59. The van der Waals surface area contributed by atoms with E-state index in [0.717, 1.165) is 21.1 Å². The number of ether oxygens (including phenoxy) is 2. The fraction of sp³-hybridized carbons (Fsp3) is 0.308. The van der Waals surface area contributed by atoms with E-state index in [-0.39, 0.29) is 0 Å². The van der Waals surface area contributed by atoms with Crippen molar-refractivity contribution in [1.29, 1.82) is 0 Å². The molecule has 0 saturated carbocycles. The molecule has 1 aromatic heterocycles. The Balaban J connectivity index is 2.55. The second-order valence-electron chi connectivity index (χ2n) is 3.77. The number of nitrogens with zero attached hydrogens (tertiary/aromatic N) is 1. The van der Waals surface area contributed by atoms with Gasteiger partial charge in [-0.2, -0.15) is 0 Å². The minimum Gasteiger partial charge on any atom is -0.493 e. The number of hydrogen-bond donors (Lipinski definition) is 1. The molecule has 0 unspecified atom stereocenters. The van der Waals surface area contributed by atoms with Crippen molar-refractivity contribution in [3.05, 3.63) is 28.8 Å². The van der Waals surface area contributed by atoms with Gasteiger partial charge < -0.3 is 15.2 Å². The maximum absolute atomic E-state index is 5.68. The molecule has 2 aromatic rings. The molecule has 4 nitrogen and oxygen atoms in total. The number of para-hydroxylation sites is 1. The number of aryl methyl sites for hydroxylation is 1. The van der Waals surface area contributed by atoms with Crippen LogP contribution < -0.4 is 15.2 Å². The Kier molecular flexibility index (Phi) is 3.84. The first-order valence-electron chi connectivity index (χ1n) is 5.59. The molecule has 18 heavy (non-hydrogen) atoms. The lowest BCUT2D eigenvalue weighted by Crippen LogP contribution is -1.94. The van der Waals surface area contributed by atoms with E-state index in [1.807, 2.05) is 25.1 Å². The van der Waals surface area contributed by atoms with Gasteiger partial charge in [0.25, 0.3) is 0 Å². The lowest BCUT2D eigenvalue weighted by atomic mass is 10.2. The Morgan fingerprint density at radius 2 is 2.06 bits per heavy atom. The summed E-state index contributed by atoms with van der Waals surface area (Å²) in [4.78, 5) is 5.63. The largest absolute Gasteiger partial charge is 0.493 e. The summed E-state index contributed by atoms with van der Waals surface area (Å²) in [5.41, 5.74) is 7.59. The van der Waals surface area contributed by atoms with Crippen LogP contribution in [-0.4, -0.2) is 19.2 Å². The van der Waals surface area contributed by atoms with Crippen molar-refractivity contribution in [3.63, 3.8) is 0 Å². The van der Waals surface area contributed by atoms with E-state index in [0.29, 0.717) is 18.0 Å². The molecule has 0 amide bonds. The van der Waals surface area contributed by atoms with Crippen LogP contribution in [0.1, 0.15) is 10.6 Å². The van der Waals surface area contributed by atoms with Gasteiger partial charge in [-0.05, 0) is 19.1 Å². The van der Waals surface area contributed by atoms with E-state index in [1.54, 1.807) is 25.6 Å². The molecule has 2 rings (SSSR count). The maximum Gasteiger partial charge on any atom is 0.170 e. The second kappa shape index (κ2) is 5.37. The summed E-state index contributed by atoms with van der Waals surface area (Å²) in [7, 11) is 3.26. The normalized spacial score (nSPS) is 10.4. The topological polar surface area (TPSA) is 57.4 Å². The fourth-order valence-electron chi connectivity index (χ4n) is 1.79. The number of methoxy groups -OCH3 is 2. The SMILES string of the molecule is COc1cccc(-c2nc(C)c(CN)s2)c1OC. The third-order valence-corrected chi connectivity index (χ3v) is 3.92. The second-order valence-corrected chi connectivity index (χ2v) is 4.86. The number of hydrogen-bond acceptors (Lipinski definition) is 5. The number of thiazole rings is 1. The van der Waals surface area contributed by atoms with Gasteiger partial charge in [0.15, 0.2) is 11.5 Å². The van der Waals surface area contributed by atoms with E-state index >= 15 is 0 Å². The lowest BCUT2D eigenvalue weighted by Gasteiger charge is -2.10. The van der Waals surface area contributed by atoms with Crippen molar-refractivity contribution in [2.24, 2.45) is 5.73 Å². The van der Waals surface area contributed by atoms with Crippen LogP contribution in [0, 0.1) is 6.92 Å². The summed E-state index contributed by atoms with van der Waals surface area (Å²) >= 11 is 1.59. The summed E-state index contributed by atoms with van der Waals surface area (Å²) < 4.78 is 10.7. The highest BCUT2D eigenvalue weighted by Gasteiger charge is 2.15. The van der Waals surface area contributed by atoms with E-state index in [1.165, 1.54) is 0 Å². The van der Waals surface area contributed by atoms with Gasteiger partial charge in [0.05, 0.1) is 25.5 Å². The molecule has 5 heteroatoms. The molecule has 0 radical (unpaired) electrons. The number of nitrogens with two attached hydrogens (primary N) is 1. The Morgan fingerprint density at radius 3 is 2.61 bits per heavy atom. The van der Waals surface area contributed by atoms with Crippen LogP contribution in [0.5, 0.6) is 11.5 Å². The van der Waals surface area contributed by atoms with Gasteiger partial charge in [-0.15, -0.1) is 11.3 Å². The third kappa shape index (κ3) is 2.19. The van der Waals surface area contributed by atoms with Crippen LogP contribution >= 0.6 is 11.3 Å². The standard InChI is InChI=1S/C13H16N2O2S/c1-8-11(7-14)18-13(15-8)9-5-4-6-10(16-2)12(9)17-3/h4-6H,7,14H2,1-3H3. The van der Waals surface area contributed by atoms with Gasteiger partial charge in [0, 0.05) is 11.4 Å². The molecule has 0 bridgehead atoms. The summed E-state index contributed by atoms with van der Waals surface area (Å²) in [5.74, 6) is 1.41. The predicted molar refractivity (Wildman–Crippen MR) is 73.3 cm³/mol. The molecule has 0 aliphatic heterocycles. The summed E-state index contributed by atoms with van der Waals surface area (Å²) in [6.07, 6.45) is 0. The average Bonchev–Trinajstić information content (AvgIpc) is 2.78. The Hall–Kier alpha value is -1.59. The third-order valence-electron chi connectivity index (χ3n) is 2.71. The molecule has 1 aromatic carbocycles. The quantitative estimate of drug-likeness (QED) is 0.922. The molecule has 2 N–H and O–H groups in total. The van der Waals surface area contributed by atoms with Crippen molar-refractivity contribution in [3.8, 4) is 22.1 Å². The van der Waals surface area contributed by atoms with Gasteiger partial charge in [-0.25, -0.2) is 4.98 Å². The van der Waals surface area contributed by atoms with Crippen molar-refractivity contribution in [1.82, 2.24) is 4.98 Å². The van der Waals surface area contributed by atoms with Crippen LogP contribution in [-0.2, 0) is 6.54 Å². The van der Waals surface area contributed by atoms with E-state index < -0.39 is 0 Å². The van der Waals surface area contributed by atoms with E-state index in [2.05, 4.69) is 4.98 Å². The Morgan fingerprint density at radius 1 is 1.28 bits per heavy atom. The van der Waals surface area contributed by atoms with Gasteiger partial charge in [0.1, 0.15) is 5.01 Å². The number of rotatable bonds is 4. The minimum absolute atomic E-state index is 0.510. The van der Waals surface area contributed by atoms with E-state index in [4.69, 9.17) is 15.2 Å². The van der Waals surface area contributed by atoms with Crippen LogP contribution in [0.2, 0.25) is 0 Å². The van der Waals surface area contributed by atoms with Crippen LogP contribution in [0.3, 0.4) is 0 Å². The van der Waals surface area contributed by atoms with Crippen LogP contribution in [0.15, 0.2) is 18.2 Å². The van der Waals surface area contributed by atoms with Gasteiger partial charge in [-0.3, -0.25) is 0 Å². The maximum atomic E-state index is 5.68. The molecular weight excluding hydrogens is 248 g/mol. The zero-order valence-electron chi connectivity index (χ0n) is 10.7. The summed E-state index contributed by atoms with van der Waals surface area (Å²) in [6.45, 7) is 2.48. The van der Waals surface area contributed by atoms with Crippen molar-refractivity contribution < 1.29 is 9.47 Å². The molecule has 0 saturated heterocycles. The minimum atomic E-state index is 0.510. The van der Waals surface area contributed by atoms with E-state index in [9.17, 15) is 0 Å². The number of benzene rings is 1. The first kappa shape index (κ1) is 12.9. The summed E-state index contributed by atoms with van der Waals surface area (Å²) in [6, 6.07) is 5.77. The van der Waals surface area contributed by atoms with Crippen molar-refractivity contribution in [2.75, 3.05) is 14.2 Å². The van der Waals surface area contributed by atoms with Crippen LogP contribution in [0.25, 0.3) is 10.6 Å². The summed E-state index contributed by atoms with van der Waals surface area (Å²) in [5, 5.41) is 0.906. The lowest BCUT2D eigenvalue weighted by molar-refractivity contribution is 0.356. The molecule has 96 valence electrons. The molecule has 0 atom stereocenters. The molecule has 1 heterocycles. The smallest absolute Gasteiger partial charge is 0.170 e. The molecular formula is C13H16N2O2S. The molecule has 0 aliphatic carbocycles. The van der Waals surface area contributed by atoms with Gasteiger partial charge in [0.2, 0.25) is 0 Å². The zero-order valence-corrected chi connectivity index (χ0v) is 11.5. The van der Waals surface area contributed by atoms with Gasteiger partial charge in [-0.1, -0.05) is 6.07 Å². The zero-order chi connectivity index (χ0) is 13.1. The first-order chi connectivity index (χ1) is 8.71. The van der Waals surface area contributed by atoms with Gasteiger partial charge >= 0.3 is 0 Å². The monoisotopic (exact) mass is 264 g/mol. The first-order valence-corrected chi connectivity index (χ1v) is 6.40. The molecule has 0 spiro atoms. The Labute approximate surface area is 110 Å². The van der Waals surface area contributed by atoms with Crippen molar-refractivity contribution in [2.45, 2.75) is 13.5 Å². The fourth-order valence-corrected chi connectivity index (χ4v) is 2.75. The Bertz CT molecular complexity index is 552. The van der Waals surface area contributed by atoms with Crippen LogP contribution in [0.4, 0.5) is 0 Å². The highest BCUT2D eigenvalue weighted by Crippen LogP contribution is 2.39. The van der Waals surface area contributed by atoms with Crippen molar-refractivity contribution >= 4 is 11.3 Å². The molecule has 0 fully saturated rings.